The van der Waals surface area contributed by atoms with Gasteiger partial charge in [0.05, 0.1) is 12.1 Å². The lowest BCUT2D eigenvalue weighted by atomic mass is 9.80. The fourth-order valence-corrected chi connectivity index (χ4v) is 7.49. The number of amides is 6. The maximum atomic E-state index is 14.3. The molecule has 4 rings (SSSR count). The lowest BCUT2D eigenvalue weighted by Crippen LogP contribution is -2.63. The summed E-state index contributed by atoms with van der Waals surface area (Å²) < 4.78 is 0. The quantitative estimate of drug-likeness (QED) is 0.252. The molecule has 0 aromatic rings. The number of piperidine rings is 2. The van der Waals surface area contributed by atoms with Crippen LogP contribution in [0.4, 0.5) is 4.79 Å². The van der Waals surface area contributed by atoms with E-state index in [0.717, 1.165) is 32.1 Å². The summed E-state index contributed by atoms with van der Waals surface area (Å²) in [7, 11) is 0. The van der Waals surface area contributed by atoms with Crippen LogP contribution in [0.2, 0.25) is 0 Å². The maximum Gasteiger partial charge on any atom is 0.315 e. The van der Waals surface area contributed by atoms with Gasteiger partial charge in [0.15, 0.2) is 0 Å². The van der Waals surface area contributed by atoms with Gasteiger partial charge in [0.1, 0.15) is 12.1 Å². The van der Waals surface area contributed by atoms with Crippen LogP contribution >= 0.6 is 0 Å². The van der Waals surface area contributed by atoms with Crippen molar-refractivity contribution in [3.63, 3.8) is 0 Å². The number of fused-ring (bicyclic) bond motifs is 1. The fourth-order valence-electron chi connectivity index (χ4n) is 7.49. The highest BCUT2D eigenvalue weighted by Gasteiger charge is 2.70. The summed E-state index contributed by atoms with van der Waals surface area (Å²) in [6, 6.07) is -3.72. The first-order valence-electron chi connectivity index (χ1n) is 17.0. The van der Waals surface area contributed by atoms with E-state index in [2.05, 4.69) is 29.8 Å². The van der Waals surface area contributed by atoms with Gasteiger partial charge in [-0.1, -0.05) is 74.7 Å². The molecular weight excluding hydrogens is 588 g/mol. The number of nitrogens with two attached hydrogens (primary N) is 1. The van der Waals surface area contributed by atoms with Crippen molar-refractivity contribution < 1.29 is 28.8 Å². The second kappa shape index (κ2) is 13.1. The van der Waals surface area contributed by atoms with Gasteiger partial charge in [-0.05, 0) is 53.3 Å². The van der Waals surface area contributed by atoms with Crippen LogP contribution in [0.25, 0.3) is 0 Å². The number of rotatable bonds is 11. The van der Waals surface area contributed by atoms with Crippen molar-refractivity contribution in [2.75, 3.05) is 19.6 Å². The summed E-state index contributed by atoms with van der Waals surface area (Å²) in [6.07, 6.45) is 5.54. The lowest BCUT2D eigenvalue weighted by Gasteiger charge is -2.40. The van der Waals surface area contributed by atoms with Gasteiger partial charge in [0.25, 0.3) is 5.91 Å². The number of ketones is 1. The number of nitrogens with one attached hydrogen (secondary N) is 3. The Balaban J connectivity index is 1.51. The van der Waals surface area contributed by atoms with E-state index in [0.29, 0.717) is 32.5 Å². The van der Waals surface area contributed by atoms with Crippen molar-refractivity contribution in [3.05, 3.63) is 0 Å². The Labute approximate surface area is 273 Å². The minimum Gasteiger partial charge on any atom is -0.363 e. The molecule has 5 N–H and O–H groups in total. The first kappa shape index (κ1) is 35.7. The van der Waals surface area contributed by atoms with Crippen molar-refractivity contribution in [2.45, 2.75) is 125 Å². The minimum absolute atomic E-state index is 0.0812. The number of likely N-dealkylation sites (tertiary alicyclic amines) is 2. The first-order chi connectivity index (χ1) is 21.2. The Morgan fingerprint density at radius 1 is 0.935 bits per heavy atom. The van der Waals surface area contributed by atoms with E-state index in [4.69, 9.17) is 5.73 Å². The molecule has 0 bridgehead atoms. The highest BCUT2D eigenvalue weighted by molar-refractivity contribution is 6.37. The van der Waals surface area contributed by atoms with E-state index in [1.807, 2.05) is 41.5 Å². The third kappa shape index (κ3) is 7.68. The number of nitrogens with zero attached hydrogens (tertiary/aromatic N) is 2. The van der Waals surface area contributed by atoms with Crippen LogP contribution in [0.3, 0.4) is 0 Å². The summed E-state index contributed by atoms with van der Waals surface area (Å²) in [5, 5.41) is 8.77. The molecule has 2 heterocycles. The first-order valence-corrected chi connectivity index (χ1v) is 17.0. The SMILES string of the molecule is CC(C)(C)C(CN1CCCCC1=O)NC(=O)NC(C(=O)N1CC2C(C1C(=O)NC(CC1CCC1)C(=O)C(N)=O)C2(C)C)C(C)(C)C. The number of urea groups is 1. The van der Waals surface area contributed by atoms with Gasteiger partial charge < -0.3 is 31.5 Å². The number of hydrogen-bond acceptors (Lipinski definition) is 6. The molecule has 12 nitrogen and oxygen atoms in total. The molecule has 12 heteroatoms. The zero-order valence-electron chi connectivity index (χ0n) is 29.0. The van der Waals surface area contributed by atoms with E-state index in [1.165, 1.54) is 0 Å². The van der Waals surface area contributed by atoms with Gasteiger partial charge in [0, 0.05) is 26.1 Å². The van der Waals surface area contributed by atoms with E-state index in [9.17, 15) is 28.8 Å². The Morgan fingerprint density at radius 3 is 2.11 bits per heavy atom. The van der Waals surface area contributed by atoms with Crippen molar-refractivity contribution in [3.8, 4) is 0 Å². The van der Waals surface area contributed by atoms with Gasteiger partial charge in [-0.2, -0.15) is 0 Å². The van der Waals surface area contributed by atoms with Crippen LogP contribution in [0.5, 0.6) is 0 Å². The number of primary amides is 1. The molecule has 46 heavy (non-hydrogen) atoms. The molecule has 4 fully saturated rings. The van der Waals surface area contributed by atoms with Crippen LogP contribution in [-0.2, 0) is 24.0 Å². The lowest BCUT2D eigenvalue weighted by molar-refractivity contribution is -0.145. The van der Waals surface area contributed by atoms with Crippen LogP contribution < -0.4 is 21.7 Å². The Kier molecular flexibility index (Phi) is 10.2. The molecule has 2 aliphatic carbocycles. The van der Waals surface area contributed by atoms with E-state index < -0.39 is 47.2 Å². The molecule has 6 unspecified atom stereocenters. The van der Waals surface area contributed by atoms with E-state index >= 15 is 0 Å². The molecule has 6 amide bonds. The van der Waals surface area contributed by atoms with Crippen LogP contribution in [0, 0.1) is 34.0 Å². The predicted molar refractivity (Wildman–Crippen MR) is 173 cm³/mol. The van der Waals surface area contributed by atoms with Crippen molar-refractivity contribution in [2.24, 2.45) is 39.7 Å². The van der Waals surface area contributed by atoms with Crippen LogP contribution in [0.1, 0.15) is 100 Å². The molecule has 258 valence electrons. The second-order valence-corrected chi connectivity index (χ2v) is 16.8. The van der Waals surface area contributed by atoms with Gasteiger partial charge in [0.2, 0.25) is 23.5 Å². The molecule has 2 saturated heterocycles. The Morgan fingerprint density at radius 2 is 1.59 bits per heavy atom. The Hall–Kier alpha value is -3.18. The zero-order chi connectivity index (χ0) is 34.4. The summed E-state index contributed by atoms with van der Waals surface area (Å²) in [4.78, 5) is 82.3. The van der Waals surface area contributed by atoms with Crippen molar-refractivity contribution in [1.82, 2.24) is 25.8 Å². The standard InChI is InChI=1S/C34H56N6O6/c1-32(2,3)22(18-39-15-10-9-14-23(39)41)37-31(46)38-27(33(4,5)6)30(45)40-17-20-24(34(20,7)8)25(40)29(44)36-21(26(42)28(35)43)16-19-12-11-13-19/h19-22,24-25,27H,9-18H2,1-8H3,(H2,35,43)(H,36,44)(H2,37,38,46). The smallest absolute Gasteiger partial charge is 0.315 e. The van der Waals surface area contributed by atoms with Crippen molar-refractivity contribution in [1.29, 1.82) is 0 Å². The van der Waals surface area contributed by atoms with E-state index in [-0.39, 0.29) is 46.4 Å². The normalized spacial score (nSPS) is 26.3. The summed E-state index contributed by atoms with van der Waals surface area (Å²) >= 11 is 0. The number of Topliss-reactive ketones (excluding diaryl/α,β-unsaturated/α-hetero) is 1. The summed E-state index contributed by atoms with van der Waals surface area (Å²) in [5.41, 5.74) is 4.10. The van der Waals surface area contributed by atoms with E-state index in [1.54, 1.807) is 9.80 Å². The third-order valence-electron chi connectivity index (χ3n) is 11.0. The van der Waals surface area contributed by atoms with Gasteiger partial charge in [-0.25, -0.2) is 4.79 Å². The summed E-state index contributed by atoms with van der Waals surface area (Å²) in [5.74, 6) is -2.47. The molecule has 6 atom stereocenters. The second-order valence-electron chi connectivity index (χ2n) is 16.8. The zero-order valence-corrected chi connectivity index (χ0v) is 29.0. The minimum atomic E-state index is -1.09. The third-order valence-corrected chi connectivity index (χ3v) is 11.0. The molecule has 2 saturated carbocycles. The number of hydrogen-bond donors (Lipinski definition) is 4. The predicted octanol–water partition coefficient (Wildman–Crippen LogP) is 2.34. The average molecular weight is 645 g/mol. The highest BCUT2D eigenvalue weighted by atomic mass is 16.2. The molecule has 0 radical (unpaired) electrons. The number of carbonyl (C=O) groups is 6. The molecular formula is C34H56N6O6. The molecule has 0 spiro atoms. The topological polar surface area (TPSA) is 171 Å². The summed E-state index contributed by atoms with van der Waals surface area (Å²) in [6.45, 7) is 17.1. The largest absolute Gasteiger partial charge is 0.363 e. The maximum absolute atomic E-state index is 14.3. The Bertz CT molecular complexity index is 1230. The molecule has 2 aliphatic heterocycles. The number of carbonyl (C=O) groups excluding carboxylic acids is 6. The average Bonchev–Trinajstić information content (AvgIpc) is 3.24. The van der Waals surface area contributed by atoms with Gasteiger partial charge in [-0.15, -0.1) is 0 Å². The monoisotopic (exact) mass is 644 g/mol. The molecule has 0 aromatic heterocycles. The highest BCUT2D eigenvalue weighted by Crippen LogP contribution is 2.65. The van der Waals surface area contributed by atoms with Crippen LogP contribution in [-0.4, -0.2) is 89.0 Å². The molecule has 4 aliphatic rings. The molecule has 0 aromatic carbocycles. The van der Waals surface area contributed by atoms with Crippen molar-refractivity contribution >= 4 is 35.4 Å². The van der Waals surface area contributed by atoms with Gasteiger partial charge >= 0.3 is 6.03 Å². The fraction of sp³-hybridized carbons (Fsp3) is 0.824. The van der Waals surface area contributed by atoms with Gasteiger partial charge in [-0.3, -0.25) is 24.0 Å². The van der Waals surface area contributed by atoms with Crippen LogP contribution in [0.15, 0.2) is 0 Å².